The first-order chi connectivity index (χ1) is 7.47. The van der Waals surface area contributed by atoms with Crippen LogP contribution in [0.3, 0.4) is 0 Å². The third-order valence-electron chi connectivity index (χ3n) is 2.99. The van der Waals surface area contributed by atoms with Gasteiger partial charge in [-0.15, -0.1) is 0 Å². The van der Waals surface area contributed by atoms with Crippen LogP contribution in [0.15, 0.2) is 16.8 Å². The molecule has 0 aliphatic carbocycles. The summed E-state index contributed by atoms with van der Waals surface area (Å²) in [7, 11) is 1.69. The van der Waals surface area contributed by atoms with Crippen LogP contribution in [0.4, 0.5) is 0 Å². The van der Waals surface area contributed by atoms with Crippen LogP contribution in [0.25, 0.3) is 0 Å². The first-order valence-electron chi connectivity index (χ1n) is 5.48. The second kappa shape index (κ2) is 5.77. The van der Waals surface area contributed by atoms with Gasteiger partial charge in [0.2, 0.25) is 0 Å². The lowest BCUT2D eigenvalue weighted by molar-refractivity contribution is 0.0389. The lowest BCUT2D eigenvalue weighted by Gasteiger charge is -2.27. The van der Waals surface area contributed by atoms with Crippen molar-refractivity contribution in [3.8, 4) is 0 Å². The predicted octanol–water partition coefficient (Wildman–Crippen LogP) is 1.97. The second-order valence-electron chi connectivity index (χ2n) is 4.40. The van der Waals surface area contributed by atoms with Crippen molar-refractivity contribution >= 4 is 11.3 Å². The minimum absolute atomic E-state index is 0.137. The quantitative estimate of drug-likeness (QED) is 0.802. The second-order valence-corrected chi connectivity index (χ2v) is 5.18. The largest absolute Gasteiger partial charge is 0.384 e. The molecule has 1 aromatic heterocycles. The van der Waals surface area contributed by atoms with E-state index in [9.17, 15) is 5.11 Å². The fourth-order valence-corrected chi connectivity index (χ4v) is 2.19. The molecule has 3 unspecified atom stereocenters. The molecule has 1 aromatic rings. The Morgan fingerprint density at radius 2 is 2.25 bits per heavy atom. The maximum Gasteiger partial charge on any atom is 0.1000 e. The highest BCUT2D eigenvalue weighted by Crippen LogP contribution is 2.22. The molecule has 1 heterocycles. The normalized spacial score (nSPS) is 19.1. The topological polar surface area (TPSA) is 41.5 Å². The zero-order valence-corrected chi connectivity index (χ0v) is 11.2. The summed E-state index contributed by atoms with van der Waals surface area (Å²) in [5.74, 6) is 0. The van der Waals surface area contributed by atoms with E-state index in [0.29, 0.717) is 6.54 Å². The van der Waals surface area contributed by atoms with Gasteiger partial charge < -0.3 is 15.2 Å². The first kappa shape index (κ1) is 13.6. The summed E-state index contributed by atoms with van der Waals surface area (Å²) in [5, 5.41) is 17.5. The summed E-state index contributed by atoms with van der Waals surface area (Å²) in [6.07, 6.45) is 0.137. The monoisotopic (exact) mass is 243 g/mol. The number of rotatable bonds is 6. The highest BCUT2D eigenvalue weighted by atomic mass is 32.1. The molecule has 3 atom stereocenters. The molecule has 0 saturated heterocycles. The van der Waals surface area contributed by atoms with E-state index < -0.39 is 5.60 Å². The molecule has 0 aromatic carbocycles. The van der Waals surface area contributed by atoms with Crippen LogP contribution < -0.4 is 5.32 Å². The predicted molar refractivity (Wildman–Crippen MR) is 67.8 cm³/mol. The highest BCUT2D eigenvalue weighted by molar-refractivity contribution is 7.08. The van der Waals surface area contributed by atoms with Crippen LogP contribution >= 0.6 is 11.3 Å². The number of nitrogens with one attached hydrogen (secondary N) is 1. The molecular formula is C12H21NO2S. The number of aliphatic hydroxyl groups is 1. The van der Waals surface area contributed by atoms with Crippen molar-refractivity contribution in [2.24, 2.45) is 0 Å². The zero-order valence-electron chi connectivity index (χ0n) is 10.4. The summed E-state index contributed by atoms with van der Waals surface area (Å²) in [6.45, 7) is 6.42. The van der Waals surface area contributed by atoms with Gasteiger partial charge in [0.05, 0.1) is 11.7 Å². The summed E-state index contributed by atoms with van der Waals surface area (Å²) in [4.78, 5) is 0. The number of thiophene rings is 1. The third kappa shape index (κ3) is 3.56. The molecule has 0 spiro atoms. The lowest BCUT2D eigenvalue weighted by Crippen LogP contribution is -2.44. The summed E-state index contributed by atoms with van der Waals surface area (Å²) in [5.41, 5.74) is 0.143. The van der Waals surface area contributed by atoms with Crippen molar-refractivity contribution in [3.63, 3.8) is 0 Å². The Bertz CT molecular complexity index is 298. The maximum atomic E-state index is 10.3. The molecule has 0 aliphatic rings. The van der Waals surface area contributed by atoms with Crippen molar-refractivity contribution in [1.29, 1.82) is 0 Å². The van der Waals surface area contributed by atoms with Crippen LogP contribution in [-0.2, 0) is 10.3 Å². The standard InChI is InChI=1S/C12H21NO2S/c1-9(10(2)15-4)13-8-12(3,14)11-5-6-16-7-11/h5-7,9-10,13-14H,8H2,1-4H3. The molecule has 0 fully saturated rings. The molecule has 0 saturated carbocycles. The molecule has 4 heteroatoms. The number of ether oxygens (including phenoxy) is 1. The molecule has 0 bridgehead atoms. The van der Waals surface area contributed by atoms with E-state index in [1.165, 1.54) is 0 Å². The Morgan fingerprint density at radius 1 is 1.56 bits per heavy atom. The zero-order chi connectivity index (χ0) is 12.2. The maximum absolute atomic E-state index is 10.3. The van der Waals surface area contributed by atoms with Gasteiger partial charge in [0.15, 0.2) is 0 Å². The van der Waals surface area contributed by atoms with E-state index in [0.717, 1.165) is 5.56 Å². The first-order valence-corrected chi connectivity index (χ1v) is 6.43. The Kier molecular flexibility index (Phi) is 4.92. The van der Waals surface area contributed by atoms with E-state index in [2.05, 4.69) is 12.2 Å². The average molecular weight is 243 g/mol. The van der Waals surface area contributed by atoms with Crippen molar-refractivity contribution in [2.75, 3.05) is 13.7 Å². The van der Waals surface area contributed by atoms with Crippen LogP contribution in [0.1, 0.15) is 26.3 Å². The molecular weight excluding hydrogens is 222 g/mol. The number of hydrogen-bond acceptors (Lipinski definition) is 4. The molecule has 0 aliphatic heterocycles. The Balaban J connectivity index is 2.48. The van der Waals surface area contributed by atoms with Crippen LogP contribution in [0.5, 0.6) is 0 Å². The van der Waals surface area contributed by atoms with Gasteiger partial charge in [-0.25, -0.2) is 0 Å². The minimum Gasteiger partial charge on any atom is -0.384 e. The van der Waals surface area contributed by atoms with Crippen LogP contribution in [-0.4, -0.2) is 30.9 Å². The van der Waals surface area contributed by atoms with E-state index in [1.54, 1.807) is 18.4 Å². The SMILES string of the molecule is COC(C)C(C)NCC(C)(O)c1ccsc1. The van der Waals surface area contributed by atoms with Gasteiger partial charge in [-0.2, -0.15) is 11.3 Å². The molecule has 0 amide bonds. The Hall–Kier alpha value is -0.420. The number of methoxy groups -OCH3 is 1. The van der Waals surface area contributed by atoms with Gasteiger partial charge >= 0.3 is 0 Å². The van der Waals surface area contributed by atoms with Crippen molar-refractivity contribution in [1.82, 2.24) is 5.32 Å². The van der Waals surface area contributed by atoms with Crippen molar-refractivity contribution in [2.45, 2.75) is 38.5 Å². The summed E-state index contributed by atoms with van der Waals surface area (Å²) >= 11 is 1.60. The Labute approximate surface area is 101 Å². The summed E-state index contributed by atoms with van der Waals surface area (Å²) < 4.78 is 5.23. The van der Waals surface area contributed by atoms with E-state index in [4.69, 9.17) is 4.74 Å². The molecule has 3 nitrogen and oxygen atoms in total. The van der Waals surface area contributed by atoms with E-state index >= 15 is 0 Å². The van der Waals surface area contributed by atoms with E-state index in [1.807, 2.05) is 30.7 Å². The van der Waals surface area contributed by atoms with Gasteiger partial charge in [0.25, 0.3) is 0 Å². The summed E-state index contributed by atoms with van der Waals surface area (Å²) in [6, 6.07) is 2.17. The molecule has 1 rings (SSSR count). The van der Waals surface area contributed by atoms with Gasteiger partial charge in [0.1, 0.15) is 0 Å². The highest BCUT2D eigenvalue weighted by Gasteiger charge is 2.24. The molecule has 0 radical (unpaired) electrons. The van der Waals surface area contributed by atoms with Crippen LogP contribution in [0, 0.1) is 0 Å². The lowest BCUT2D eigenvalue weighted by atomic mass is 9.99. The Morgan fingerprint density at radius 3 is 2.75 bits per heavy atom. The smallest absolute Gasteiger partial charge is 0.1000 e. The number of hydrogen-bond donors (Lipinski definition) is 2. The molecule has 2 N–H and O–H groups in total. The van der Waals surface area contributed by atoms with Crippen molar-refractivity contribution in [3.05, 3.63) is 22.4 Å². The third-order valence-corrected chi connectivity index (χ3v) is 3.67. The van der Waals surface area contributed by atoms with E-state index in [-0.39, 0.29) is 12.1 Å². The molecule has 16 heavy (non-hydrogen) atoms. The average Bonchev–Trinajstić information content (AvgIpc) is 2.78. The minimum atomic E-state index is -0.818. The van der Waals surface area contributed by atoms with Crippen molar-refractivity contribution < 1.29 is 9.84 Å². The van der Waals surface area contributed by atoms with Crippen LogP contribution in [0.2, 0.25) is 0 Å². The van der Waals surface area contributed by atoms with Gasteiger partial charge in [-0.1, -0.05) is 0 Å². The molecule has 92 valence electrons. The fourth-order valence-electron chi connectivity index (χ4n) is 1.40. The van der Waals surface area contributed by atoms with Gasteiger partial charge in [0, 0.05) is 19.7 Å². The van der Waals surface area contributed by atoms with Gasteiger partial charge in [-0.05, 0) is 43.2 Å². The fraction of sp³-hybridized carbons (Fsp3) is 0.667. The van der Waals surface area contributed by atoms with Gasteiger partial charge in [-0.3, -0.25) is 0 Å².